The van der Waals surface area contributed by atoms with Crippen LogP contribution in [-0.4, -0.2) is 52.3 Å². The third-order valence-electron chi connectivity index (χ3n) is 8.54. The first-order valence-corrected chi connectivity index (χ1v) is 14.5. The Bertz CT molecular complexity index is 1890. The summed E-state index contributed by atoms with van der Waals surface area (Å²) in [5.74, 6) is -2.08. The fourth-order valence-electron chi connectivity index (χ4n) is 5.29. The van der Waals surface area contributed by atoms with Gasteiger partial charge in [0.1, 0.15) is 40.5 Å². The van der Waals surface area contributed by atoms with Crippen molar-refractivity contribution in [3.63, 3.8) is 0 Å². The van der Waals surface area contributed by atoms with E-state index in [1.54, 1.807) is 0 Å². The maximum absolute atomic E-state index is 14.8. The van der Waals surface area contributed by atoms with E-state index in [0.29, 0.717) is 16.7 Å². The average Bonchev–Trinajstić information content (AvgIpc) is 3.75. The molecule has 2 aromatic heterocycles. The predicted molar refractivity (Wildman–Crippen MR) is 159 cm³/mol. The number of fused-ring (bicyclic) bond motifs is 2. The zero-order valence-electron chi connectivity index (χ0n) is 25.1. The van der Waals surface area contributed by atoms with Gasteiger partial charge in [0.25, 0.3) is 5.91 Å². The summed E-state index contributed by atoms with van der Waals surface area (Å²) < 4.78 is 69.8. The number of aromatic nitrogens is 2. The molecule has 46 heavy (non-hydrogen) atoms. The zero-order valence-corrected chi connectivity index (χ0v) is 25.1. The Labute approximate surface area is 260 Å². The molecule has 0 radical (unpaired) electrons. The highest BCUT2D eigenvalue weighted by Gasteiger charge is 2.57. The zero-order chi connectivity index (χ0) is 33.2. The number of aliphatic hydroxyl groups is 1. The van der Waals surface area contributed by atoms with Crippen LogP contribution in [0.4, 0.5) is 17.6 Å². The second-order valence-corrected chi connectivity index (χ2v) is 12.0. The normalized spacial score (nSPS) is 18.9. The molecule has 9 nitrogen and oxygen atoms in total. The van der Waals surface area contributed by atoms with Gasteiger partial charge in [-0.2, -0.15) is 13.2 Å². The SMILES string of the molecule is Cc1cc2cc(C(=O)NCC(O)(c3cc4c(c(-c5ccc(F)cc5)n3)OC[C@]4(C)C(N)=O)C(F)(F)F)cc(OC3CC3)c2nc1C. The minimum atomic E-state index is -5.35. The fourth-order valence-corrected chi connectivity index (χ4v) is 5.29. The van der Waals surface area contributed by atoms with Gasteiger partial charge >= 0.3 is 6.18 Å². The summed E-state index contributed by atoms with van der Waals surface area (Å²) >= 11 is 0. The lowest BCUT2D eigenvalue weighted by molar-refractivity contribution is -0.265. The predicted octanol–water partition coefficient (Wildman–Crippen LogP) is 4.91. The van der Waals surface area contributed by atoms with Crippen LogP contribution in [0.3, 0.4) is 0 Å². The molecule has 0 saturated heterocycles. The number of ether oxygens (including phenoxy) is 2. The van der Waals surface area contributed by atoms with Gasteiger partial charge in [0, 0.05) is 27.8 Å². The lowest BCUT2D eigenvalue weighted by atomic mass is 9.81. The topological polar surface area (TPSA) is 137 Å². The number of nitrogens with two attached hydrogens (primary N) is 1. The van der Waals surface area contributed by atoms with Crippen LogP contribution < -0.4 is 20.5 Å². The Hall–Kier alpha value is -4.78. The molecule has 2 amide bonds. The van der Waals surface area contributed by atoms with E-state index < -0.39 is 47.1 Å². The van der Waals surface area contributed by atoms with Gasteiger partial charge in [0.15, 0.2) is 0 Å². The number of benzene rings is 2. The third kappa shape index (κ3) is 5.38. The summed E-state index contributed by atoms with van der Waals surface area (Å²) in [6, 6.07) is 10.3. The van der Waals surface area contributed by atoms with Gasteiger partial charge in [-0.25, -0.2) is 14.4 Å². The van der Waals surface area contributed by atoms with Gasteiger partial charge in [-0.15, -0.1) is 0 Å². The van der Waals surface area contributed by atoms with Crippen molar-refractivity contribution in [1.29, 1.82) is 0 Å². The molecule has 3 heterocycles. The van der Waals surface area contributed by atoms with E-state index >= 15 is 0 Å². The molecule has 13 heteroatoms. The molecule has 1 saturated carbocycles. The molecule has 1 fully saturated rings. The van der Waals surface area contributed by atoms with Crippen LogP contribution in [0.15, 0.2) is 48.5 Å². The van der Waals surface area contributed by atoms with Crippen molar-refractivity contribution in [2.45, 2.75) is 56.9 Å². The van der Waals surface area contributed by atoms with Crippen molar-refractivity contribution in [3.05, 3.63) is 82.4 Å². The first-order valence-electron chi connectivity index (χ1n) is 14.5. The number of rotatable bonds is 8. The quantitative estimate of drug-likeness (QED) is 0.233. The number of aryl methyl sites for hydroxylation is 2. The molecule has 2 aromatic carbocycles. The molecule has 2 aliphatic rings. The van der Waals surface area contributed by atoms with Crippen LogP contribution in [0, 0.1) is 19.7 Å². The lowest BCUT2D eigenvalue weighted by Crippen LogP contribution is -2.51. The molecule has 0 spiro atoms. The van der Waals surface area contributed by atoms with Crippen molar-refractivity contribution in [2.75, 3.05) is 13.2 Å². The van der Waals surface area contributed by atoms with E-state index in [1.807, 2.05) is 19.9 Å². The van der Waals surface area contributed by atoms with E-state index in [-0.39, 0.29) is 40.8 Å². The molecular formula is C33H30F4N4O5. The Morgan fingerprint density at radius 3 is 2.43 bits per heavy atom. The minimum Gasteiger partial charge on any atom is -0.489 e. The van der Waals surface area contributed by atoms with Crippen molar-refractivity contribution >= 4 is 22.7 Å². The molecule has 6 rings (SSSR count). The summed E-state index contributed by atoms with van der Waals surface area (Å²) in [6.45, 7) is 3.45. The fraction of sp³-hybridized carbons (Fsp3) is 0.333. The molecule has 0 bridgehead atoms. The maximum Gasteiger partial charge on any atom is 0.424 e. The summed E-state index contributed by atoms with van der Waals surface area (Å²) in [5.41, 5.74) is 1.52. The molecule has 1 unspecified atom stereocenters. The molecule has 1 aliphatic carbocycles. The van der Waals surface area contributed by atoms with Crippen LogP contribution in [0.5, 0.6) is 11.5 Å². The first kappa shape index (κ1) is 31.2. The van der Waals surface area contributed by atoms with Crippen LogP contribution >= 0.6 is 0 Å². The monoisotopic (exact) mass is 638 g/mol. The Balaban J connectivity index is 1.41. The highest BCUT2D eigenvalue weighted by Crippen LogP contribution is 2.47. The number of hydrogen-bond acceptors (Lipinski definition) is 7. The summed E-state index contributed by atoms with van der Waals surface area (Å²) in [4.78, 5) is 34.6. The minimum absolute atomic E-state index is 0.00125. The molecule has 4 N–H and O–H groups in total. The number of amides is 2. The molecule has 240 valence electrons. The largest absolute Gasteiger partial charge is 0.489 e. The van der Waals surface area contributed by atoms with Crippen molar-refractivity contribution in [2.24, 2.45) is 5.73 Å². The van der Waals surface area contributed by atoms with Crippen molar-refractivity contribution < 1.29 is 41.7 Å². The highest BCUT2D eigenvalue weighted by atomic mass is 19.4. The first-order chi connectivity index (χ1) is 21.6. The van der Waals surface area contributed by atoms with E-state index in [4.69, 9.17) is 15.2 Å². The summed E-state index contributed by atoms with van der Waals surface area (Å²) in [7, 11) is 0. The summed E-state index contributed by atoms with van der Waals surface area (Å²) in [6.07, 6.45) is -3.74. The molecule has 1 aliphatic heterocycles. The van der Waals surface area contributed by atoms with Crippen LogP contribution in [0.25, 0.3) is 22.2 Å². The number of carbonyl (C=O) groups excluding carboxylic acids is 2. The molecule has 2 atom stereocenters. The van der Waals surface area contributed by atoms with Gasteiger partial charge in [-0.3, -0.25) is 9.59 Å². The number of primary amides is 1. The van der Waals surface area contributed by atoms with E-state index in [1.165, 1.54) is 31.2 Å². The van der Waals surface area contributed by atoms with Gasteiger partial charge in [0.2, 0.25) is 11.5 Å². The summed E-state index contributed by atoms with van der Waals surface area (Å²) in [5, 5.41) is 14.1. The number of pyridine rings is 2. The van der Waals surface area contributed by atoms with Crippen LogP contribution in [0.2, 0.25) is 0 Å². The van der Waals surface area contributed by atoms with Crippen LogP contribution in [-0.2, 0) is 15.8 Å². The highest BCUT2D eigenvalue weighted by molar-refractivity contribution is 6.00. The van der Waals surface area contributed by atoms with Gasteiger partial charge < -0.3 is 25.6 Å². The Kier molecular flexibility index (Phi) is 7.42. The smallest absolute Gasteiger partial charge is 0.424 e. The average molecular weight is 639 g/mol. The number of alkyl halides is 3. The Morgan fingerprint density at radius 2 is 1.80 bits per heavy atom. The van der Waals surface area contributed by atoms with E-state index in [9.17, 15) is 32.3 Å². The Morgan fingerprint density at radius 1 is 1.11 bits per heavy atom. The van der Waals surface area contributed by atoms with Gasteiger partial charge in [-0.1, -0.05) is 0 Å². The number of carbonyl (C=O) groups is 2. The van der Waals surface area contributed by atoms with E-state index in [2.05, 4.69) is 15.3 Å². The van der Waals surface area contributed by atoms with Crippen molar-refractivity contribution in [1.82, 2.24) is 15.3 Å². The van der Waals surface area contributed by atoms with Gasteiger partial charge in [0.05, 0.1) is 18.3 Å². The van der Waals surface area contributed by atoms with E-state index in [0.717, 1.165) is 42.3 Å². The second kappa shape index (κ2) is 10.9. The van der Waals surface area contributed by atoms with Crippen molar-refractivity contribution in [3.8, 4) is 22.8 Å². The number of halogens is 4. The standard InChI is InChI=1S/C33H30F4N4O5/c1-16-10-19-11-20(12-24(46-22-8-9-22)26(19)40-17(16)2)29(42)39-14-32(44,33(35,36)37)25-13-23-28(45-15-31(23,3)30(38)43)27(41-25)18-4-6-21(34)7-5-18/h4-7,10-13,22,44H,8-9,14-15H2,1-3H3,(H2,38,43)(H,39,42)/t31-,32?/m0/s1. The maximum atomic E-state index is 14.8. The lowest BCUT2D eigenvalue weighted by Gasteiger charge is -2.31. The van der Waals surface area contributed by atoms with Crippen LogP contribution in [0.1, 0.15) is 52.6 Å². The second-order valence-electron chi connectivity index (χ2n) is 12.0. The number of nitrogens with one attached hydrogen (secondary N) is 1. The number of nitrogens with zero attached hydrogens (tertiary/aromatic N) is 2. The molecular weight excluding hydrogens is 608 g/mol. The molecule has 4 aromatic rings. The van der Waals surface area contributed by atoms with Gasteiger partial charge in [-0.05, 0) is 87.7 Å². The third-order valence-corrected chi connectivity index (χ3v) is 8.54. The number of hydrogen-bond donors (Lipinski definition) is 3.